The number of rotatable bonds is 1. The minimum absolute atomic E-state index is 0.0785. The van der Waals surface area contributed by atoms with Crippen LogP contribution in [0.4, 0.5) is 0 Å². The quantitative estimate of drug-likeness (QED) is 0.629. The molecule has 1 N–H and O–H groups in total. The van der Waals surface area contributed by atoms with Crippen LogP contribution in [0.1, 0.15) is 20.3 Å². The molecule has 1 atom stereocenters. The van der Waals surface area contributed by atoms with E-state index in [1.807, 2.05) is 0 Å². The summed E-state index contributed by atoms with van der Waals surface area (Å²) in [5.74, 6) is 2.59. The van der Waals surface area contributed by atoms with Crippen molar-refractivity contribution in [2.75, 3.05) is 0 Å². The van der Waals surface area contributed by atoms with E-state index >= 15 is 0 Å². The molecule has 1 aliphatic rings. The Morgan fingerprint density at radius 2 is 2.33 bits per heavy atom. The lowest BCUT2D eigenvalue weighted by atomic mass is 10.0. The van der Waals surface area contributed by atoms with Crippen LogP contribution in [0, 0.1) is 12.3 Å². The fourth-order valence-corrected chi connectivity index (χ4v) is 2.20. The fourth-order valence-electron chi connectivity index (χ4n) is 1.14. The van der Waals surface area contributed by atoms with Crippen molar-refractivity contribution in [3.63, 3.8) is 0 Å². The summed E-state index contributed by atoms with van der Waals surface area (Å²) in [4.78, 5) is 11.2. The van der Waals surface area contributed by atoms with Crippen LogP contribution in [-0.2, 0) is 4.79 Å². The highest BCUT2D eigenvalue weighted by Crippen LogP contribution is 2.43. The van der Waals surface area contributed by atoms with Gasteiger partial charge in [-0.2, -0.15) is 0 Å². The molecule has 3 heteroatoms. The first-order valence-electron chi connectivity index (χ1n) is 3.58. The Morgan fingerprint density at radius 1 is 1.75 bits per heavy atom. The van der Waals surface area contributed by atoms with E-state index in [-0.39, 0.29) is 10.9 Å². The van der Waals surface area contributed by atoms with E-state index in [0.29, 0.717) is 12.0 Å². The number of aliphatic hydroxyl groups excluding tert-OH is 1. The molecule has 1 unspecified atom stereocenters. The van der Waals surface area contributed by atoms with Gasteiger partial charge in [0.15, 0.2) is 0 Å². The topological polar surface area (TPSA) is 37.3 Å². The van der Waals surface area contributed by atoms with Crippen molar-refractivity contribution in [3.8, 4) is 12.3 Å². The highest BCUT2D eigenvalue weighted by atomic mass is 32.2. The first kappa shape index (κ1) is 9.21. The van der Waals surface area contributed by atoms with Crippen LogP contribution < -0.4 is 0 Å². The van der Waals surface area contributed by atoms with Crippen molar-refractivity contribution in [1.82, 2.24) is 0 Å². The van der Waals surface area contributed by atoms with Gasteiger partial charge < -0.3 is 5.11 Å². The first-order chi connectivity index (χ1) is 5.51. The molecule has 0 amide bonds. The van der Waals surface area contributed by atoms with Gasteiger partial charge in [-0.05, 0) is 13.8 Å². The van der Waals surface area contributed by atoms with Gasteiger partial charge >= 0.3 is 0 Å². The second-order valence-corrected chi connectivity index (χ2v) is 4.45. The molecule has 64 valence electrons. The third-order valence-electron chi connectivity index (χ3n) is 1.92. The highest BCUT2D eigenvalue weighted by Gasteiger charge is 2.41. The van der Waals surface area contributed by atoms with Gasteiger partial charge in [-0.1, -0.05) is 11.8 Å². The van der Waals surface area contributed by atoms with Crippen molar-refractivity contribution >= 4 is 16.9 Å². The van der Waals surface area contributed by atoms with Crippen LogP contribution in [0.2, 0.25) is 0 Å². The summed E-state index contributed by atoms with van der Waals surface area (Å²) < 4.78 is -0.587. The highest BCUT2D eigenvalue weighted by molar-refractivity contribution is 8.15. The van der Waals surface area contributed by atoms with E-state index in [2.05, 4.69) is 5.92 Å². The first-order valence-corrected chi connectivity index (χ1v) is 4.40. The zero-order valence-corrected chi connectivity index (χ0v) is 7.86. The SMILES string of the molecule is C#CCC1(C)SC(=O)C(C)=C1O. The monoisotopic (exact) mass is 182 g/mol. The van der Waals surface area contributed by atoms with Crippen LogP contribution >= 0.6 is 11.8 Å². The summed E-state index contributed by atoms with van der Waals surface area (Å²) in [7, 11) is 0. The van der Waals surface area contributed by atoms with E-state index < -0.39 is 4.75 Å². The van der Waals surface area contributed by atoms with Crippen molar-refractivity contribution in [1.29, 1.82) is 0 Å². The molecule has 1 rings (SSSR count). The molecule has 1 heterocycles. The molecule has 0 radical (unpaired) electrons. The number of terminal acetylenes is 1. The van der Waals surface area contributed by atoms with Crippen LogP contribution in [0.15, 0.2) is 11.3 Å². The van der Waals surface area contributed by atoms with Gasteiger partial charge in [-0.15, -0.1) is 12.3 Å². The Balaban J connectivity index is 3.01. The summed E-state index contributed by atoms with van der Waals surface area (Å²) in [6.07, 6.45) is 5.52. The second-order valence-electron chi connectivity index (χ2n) is 2.97. The fraction of sp³-hybridized carbons (Fsp3) is 0.444. The predicted octanol–water partition coefficient (Wildman–Crippen LogP) is 1.87. The summed E-state index contributed by atoms with van der Waals surface area (Å²) in [6, 6.07) is 0. The molecular formula is C9H10O2S. The van der Waals surface area contributed by atoms with Gasteiger partial charge in [0.05, 0.1) is 4.75 Å². The van der Waals surface area contributed by atoms with Gasteiger partial charge in [0.25, 0.3) is 0 Å². The molecule has 0 bridgehead atoms. The normalized spacial score (nSPS) is 29.2. The van der Waals surface area contributed by atoms with Crippen LogP contribution in [0.3, 0.4) is 0 Å². The third-order valence-corrected chi connectivity index (χ3v) is 3.20. The number of thioether (sulfide) groups is 1. The predicted molar refractivity (Wildman–Crippen MR) is 49.8 cm³/mol. The minimum atomic E-state index is -0.587. The van der Waals surface area contributed by atoms with Gasteiger partial charge in [0, 0.05) is 12.0 Å². The summed E-state index contributed by atoms with van der Waals surface area (Å²) in [5.41, 5.74) is 0.428. The largest absolute Gasteiger partial charge is 0.510 e. The summed E-state index contributed by atoms with van der Waals surface area (Å²) in [6.45, 7) is 3.40. The van der Waals surface area contributed by atoms with Crippen LogP contribution in [0.25, 0.3) is 0 Å². The molecule has 0 aliphatic carbocycles. The second kappa shape index (κ2) is 2.87. The average molecular weight is 182 g/mol. The molecule has 12 heavy (non-hydrogen) atoms. The van der Waals surface area contributed by atoms with E-state index in [1.54, 1.807) is 13.8 Å². The van der Waals surface area contributed by atoms with Gasteiger partial charge in [0.1, 0.15) is 5.76 Å². The van der Waals surface area contributed by atoms with Crippen LogP contribution in [-0.4, -0.2) is 15.0 Å². The van der Waals surface area contributed by atoms with E-state index in [4.69, 9.17) is 6.42 Å². The summed E-state index contributed by atoms with van der Waals surface area (Å²) in [5, 5.41) is 9.48. The lowest BCUT2D eigenvalue weighted by Crippen LogP contribution is -2.19. The van der Waals surface area contributed by atoms with E-state index in [1.165, 1.54) is 0 Å². The molecule has 1 aliphatic heterocycles. The molecule has 0 aromatic carbocycles. The van der Waals surface area contributed by atoms with Gasteiger partial charge in [-0.3, -0.25) is 4.79 Å². The number of aliphatic hydroxyl groups is 1. The Morgan fingerprint density at radius 3 is 2.67 bits per heavy atom. The third kappa shape index (κ3) is 1.23. The molecule has 0 saturated heterocycles. The van der Waals surface area contributed by atoms with Crippen molar-refractivity contribution in [3.05, 3.63) is 11.3 Å². The Bertz CT molecular complexity index is 298. The average Bonchev–Trinajstić information content (AvgIpc) is 2.17. The molecule has 0 aromatic heterocycles. The molecular weight excluding hydrogens is 172 g/mol. The van der Waals surface area contributed by atoms with E-state index in [0.717, 1.165) is 11.8 Å². The van der Waals surface area contributed by atoms with Crippen molar-refractivity contribution in [2.24, 2.45) is 0 Å². The molecule has 0 spiro atoms. The number of carbonyl (C=O) groups excluding carboxylic acids is 1. The molecule has 0 fully saturated rings. The lowest BCUT2D eigenvalue weighted by Gasteiger charge is -2.18. The zero-order chi connectivity index (χ0) is 9.35. The number of hydrogen-bond donors (Lipinski definition) is 1. The van der Waals surface area contributed by atoms with E-state index in [9.17, 15) is 9.90 Å². The maximum absolute atomic E-state index is 11.2. The standard InChI is InChI=1S/C9H10O2S/c1-4-5-9(3)7(10)6(2)8(11)12-9/h1,10H,5H2,2-3H3. The number of carbonyl (C=O) groups is 1. The minimum Gasteiger partial charge on any atom is -0.510 e. The molecule has 2 nitrogen and oxygen atoms in total. The maximum Gasteiger partial charge on any atom is 0.219 e. The van der Waals surface area contributed by atoms with Crippen molar-refractivity contribution < 1.29 is 9.90 Å². The maximum atomic E-state index is 11.2. The Hall–Kier alpha value is -0.880. The smallest absolute Gasteiger partial charge is 0.219 e. The summed E-state index contributed by atoms with van der Waals surface area (Å²) >= 11 is 1.10. The molecule has 0 aromatic rings. The van der Waals surface area contributed by atoms with Gasteiger partial charge in [-0.25, -0.2) is 0 Å². The lowest BCUT2D eigenvalue weighted by molar-refractivity contribution is -0.107. The Labute approximate surface area is 76.0 Å². The Kier molecular flexibility index (Phi) is 2.20. The van der Waals surface area contributed by atoms with Gasteiger partial charge in [0.2, 0.25) is 5.12 Å². The molecule has 0 saturated carbocycles. The zero-order valence-electron chi connectivity index (χ0n) is 7.05. The van der Waals surface area contributed by atoms with Crippen LogP contribution in [0.5, 0.6) is 0 Å². The number of hydrogen-bond acceptors (Lipinski definition) is 3. The van der Waals surface area contributed by atoms with Crippen molar-refractivity contribution in [2.45, 2.75) is 25.0 Å².